The molecule has 0 aliphatic carbocycles. The van der Waals surface area contributed by atoms with Gasteiger partial charge in [0.1, 0.15) is 0 Å². The predicted molar refractivity (Wildman–Crippen MR) is 87.8 cm³/mol. The van der Waals surface area contributed by atoms with Crippen molar-refractivity contribution in [3.05, 3.63) is 71.9 Å². The van der Waals surface area contributed by atoms with Crippen LogP contribution in [0.1, 0.15) is 30.4 Å². The molecule has 0 aliphatic rings. The third-order valence-electron chi connectivity index (χ3n) is 3.87. The lowest BCUT2D eigenvalue weighted by atomic mass is 9.88. The highest BCUT2D eigenvalue weighted by atomic mass is 16.5. The molecule has 3 heteroatoms. The monoisotopic (exact) mass is 293 g/mol. The van der Waals surface area contributed by atoms with Crippen LogP contribution < -0.4 is 0 Å². The van der Waals surface area contributed by atoms with Gasteiger partial charge in [-0.25, -0.2) is 0 Å². The fourth-order valence-corrected chi connectivity index (χ4v) is 2.86. The standard InChI is InChI=1S/C19H19NO2/c1-2-22-19(21)12-16(14-8-4-3-5-9-14)17-13-20-18-11-7-6-10-15(17)18/h3-11,13,16,20H,2,12H2,1H3. The van der Waals surface area contributed by atoms with E-state index < -0.39 is 0 Å². The second-order valence-electron chi connectivity index (χ2n) is 5.26. The summed E-state index contributed by atoms with van der Waals surface area (Å²) in [5.74, 6) is -0.168. The van der Waals surface area contributed by atoms with Gasteiger partial charge in [0.15, 0.2) is 0 Å². The highest BCUT2D eigenvalue weighted by Crippen LogP contribution is 2.33. The van der Waals surface area contributed by atoms with Gasteiger partial charge in [-0.1, -0.05) is 48.5 Å². The van der Waals surface area contributed by atoms with Gasteiger partial charge in [0.05, 0.1) is 13.0 Å². The van der Waals surface area contributed by atoms with Gasteiger partial charge in [-0.15, -0.1) is 0 Å². The minimum Gasteiger partial charge on any atom is -0.466 e. The zero-order valence-electron chi connectivity index (χ0n) is 12.6. The number of H-pyrrole nitrogens is 1. The molecule has 3 rings (SSSR count). The van der Waals surface area contributed by atoms with E-state index in [4.69, 9.17) is 4.74 Å². The summed E-state index contributed by atoms with van der Waals surface area (Å²) in [5.41, 5.74) is 3.34. The summed E-state index contributed by atoms with van der Waals surface area (Å²) >= 11 is 0. The highest BCUT2D eigenvalue weighted by Gasteiger charge is 2.21. The van der Waals surface area contributed by atoms with Crippen LogP contribution >= 0.6 is 0 Å². The van der Waals surface area contributed by atoms with Crippen LogP contribution in [-0.2, 0) is 9.53 Å². The number of hydrogen-bond donors (Lipinski definition) is 1. The summed E-state index contributed by atoms with van der Waals surface area (Å²) in [5, 5.41) is 1.15. The average Bonchev–Trinajstić information content (AvgIpc) is 2.98. The van der Waals surface area contributed by atoms with Crippen molar-refractivity contribution in [3.63, 3.8) is 0 Å². The third kappa shape index (κ3) is 2.89. The molecule has 2 aromatic carbocycles. The molecule has 0 radical (unpaired) electrons. The van der Waals surface area contributed by atoms with Gasteiger partial charge in [-0.2, -0.15) is 0 Å². The van der Waals surface area contributed by atoms with E-state index in [1.807, 2.05) is 49.5 Å². The molecular weight excluding hydrogens is 274 g/mol. The topological polar surface area (TPSA) is 42.1 Å². The SMILES string of the molecule is CCOC(=O)CC(c1ccccc1)c1c[nH]c2ccccc12. The third-order valence-corrected chi connectivity index (χ3v) is 3.87. The maximum atomic E-state index is 12.0. The number of esters is 1. The van der Waals surface area contributed by atoms with Gasteiger partial charge in [0, 0.05) is 23.0 Å². The Morgan fingerprint density at radius 3 is 2.59 bits per heavy atom. The molecule has 1 N–H and O–H groups in total. The summed E-state index contributed by atoms with van der Waals surface area (Å²) in [4.78, 5) is 15.3. The first-order chi connectivity index (χ1) is 10.8. The van der Waals surface area contributed by atoms with Crippen molar-refractivity contribution in [2.24, 2.45) is 0 Å². The number of carbonyl (C=O) groups excluding carboxylic acids is 1. The van der Waals surface area contributed by atoms with E-state index in [1.54, 1.807) is 0 Å². The van der Waals surface area contributed by atoms with Crippen LogP contribution in [0.3, 0.4) is 0 Å². The Bertz CT molecular complexity index is 761. The van der Waals surface area contributed by atoms with E-state index >= 15 is 0 Å². The number of ether oxygens (including phenoxy) is 1. The first-order valence-corrected chi connectivity index (χ1v) is 7.56. The average molecular weight is 293 g/mol. The summed E-state index contributed by atoms with van der Waals surface area (Å²) in [6.07, 6.45) is 2.35. The summed E-state index contributed by atoms with van der Waals surface area (Å²) in [6, 6.07) is 18.3. The minimum atomic E-state index is -0.165. The molecule has 1 heterocycles. The fourth-order valence-electron chi connectivity index (χ4n) is 2.86. The Morgan fingerprint density at radius 2 is 1.82 bits per heavy atom. The van der Waals surface area contributed by atoms with Gasteiger partial charge in [0.25, 0.3) is 0 Å². The molecule has 0 aliphatic heterocycles. The molecule has 1 atom stereocenters. The molecule has 1 unspecified atom stereocenters. The molecule has 3 aromatic rings. The minimum absolute atomic E-state index is 0.00333. The number of nitrogens with one attached hydrogen (secondary N) is 1. The molecule has 0 amide bonds. The first-order valence-electron chi connectivity index (χ1n) is 7.56. The van der Waals surface area contributed by atoms with Crippen molar-refractivity contribution >= 4 is 16.9 Å². The van der Waals surface area contributed by atoms with Gasteiger partial charge in [-0.3, -0.25) is 4.79 Å². The molecule has 1 aromatic heterocycles. The number of fused-ring (bicyclic) bond motifs is 1. The lowest BCUT2D eigenvalue weighted by molar-refractivity contribution is -0.143. The van der Waals surface area contributed by atoms with Crippen LogP contribution in [0.25, 0.3) is 10.9 Å². The van der Waals surface area contributed by atoms with E-state index in [-0.39, 0.29) is 11.9 Å². The number of carbonyl (C=O) groups is 1. The molecule has 3 nitrogen and oxygen atoms in total. The van der Waals surface area contributed by atoms with Crippen LogP contribution in [-0.4, -0.2) is 17.6 Å². The number of aromatic nitrogens is 1. The smallest absolute Gasteiger partial charge is 0.306 e. The summed E-state index contributed by atoms with van der Waals surface area (Å²) < 4.78 is 5.15. The first kappa shape index (κ1) is 14.4. The lowest BCUT2D eigenvalue weighted by Gasteiger charge is -2.16. The maximum absolute atomic E-state index is 12.0. The van der Waals surface area contributed by atoms with Crippen molar-refractivity contribution in [2.45, 2.75) is 19.3 Å². The normalized spacial score (nSPS) is 12.2. The number of rotatable bonds is 5. The predicted octanol–water partition coefficient (Wildman–Crippen LogP) is 4.25. The Balaban J connectivity index is 2.03. The number of hydrogen-bond acceptors (Lipinski definition) is 2. The molecule has 22 heavy (non-hydrogen) atoms. The second-order valence-corrected chi connectivity index (χ2v) is 5.26. The fraction of sp³-hybridized carbons (Fsp3) is 0.211. The number of aromatic amines is 1. The van der Waals surface area contributed by atoms with E-state index in [0.717, 1.165) is 22.0 Å². The Hall–Kier alpha value is -2.55. The molecule has 0 spiro atoms. The largest absolute Gasteiger partial charge is 0.466 e. The van der Waals surface area contributed by atoms with Crippen molar-refractivity contribution in [2.75, 3.05) is 6.61 Å². The van der Waals surface area contributed by atoms with Crippen LogP contribution in [0.4, 0.5) is 0 Å². The van der Waals surface area contributed by atoms with Crippen LogP contribution in [0, 0.1) is 0 Å². The van der Waals surface area contributed by atoms with Crippen molar-refractivity contribution in [1.29, 1.82) is 0 Å². The summed E-state index contributed by atoms with van der Waals surface area (Å²) in [7, 11) is 0. The number of benzene rings is 2. The zero-order chi connectivity index (χ0) is 15.4. The van der Waals surface area contributed by atoms with Gasteiger partial charge in [-0.05, 0) is 24.1 Å². The van der Waals surface area contributed by atoms with Crippen molar-refractivity contribution < 1.29 is 9.53 Å². The van der Waals surface area contributed by atoms with Crippen molar-refractivity contribution in [3.8, 4) is 0 Å². The molecule has 0 saturated carbocycles. The van der Waals surface area contributed by atoms with E-state index in [9.17, 15) is 4.79 Å². The number of para-hydroxylation sites is 1. The maximum Gasteiger partial charge on any atom is 0.306 e. The van der Waals surface area contributed by atoms with E-state index in [1.165, 1.54) is 0 Å². The Kier molecular flexibility index (Phi) is 4.24. The molecule has 0 saturated heterocycles. The molecule has 0 fully saturated rings. The molecular formula is C19H19NO2. The Morgan fingerprint density at radius 1 is 1.09 bits per heavy atom. The quantitative estimate of drug-likeness (QED) is 0.714. The summed E-state index contributed by atoms with van der Waals surface area (Å²) in [6.45, 7) is 2.25. The van der Waals surface area contributed by atoms with Gasteiger partial charge >= 0.3 is 5.97 Å². The molecule has 112 valence electrons. The zero-order valence-corrected chi connectivity index (χ0v) is 12.6. The lowest BCUT2D eigenvalue weighted by Crippen LogP contribution is -2.11. The molecule has 0 bridgehead atoms. The van der Waals surface area contributed by atoms with E-state index in [2.05, 4.69) is 23.2 Å². The van der Waals surface area contributed by atoms with Crippen LogP contribution in [0.2, 0.25) is 0 Å². The van der Waals surface area contributed by atoms with Crippen LogP contribution in [0.5, 0.6) is 0 Å². The Labute approximate surface area is 129 Å². The van der Waals surface area contributed by atoms with Crippen LogP contribution in [0.15, 0.2) is 60.8 Å². The highest BCUT2D eigenvalue weighted by molar-refractivity contribution is 5.85. The van der Waals surface area contributed by atoms with Crippen molar-refractivity contribution in [1.82, 2.24) is 4.98 Å². The van der Waals surface area contributed by atoms with E-state index in [0.29, 0.717) is 13.0 Å². The van der Waals surface area contributed by atoms with Gasteiger partial charge < -0.3 is 9.72 Å². The second kappa shape index (κ2) is 6.48. The van der Waals surface area contributed by atoms with Gasteiger partial charge in [0.2, 0.25) is 0 Å².